The molecule has 17 rings (SSSR count). The summed E-state index contributed by atoms with van der Waals surface area (Å²) in [5, 5.41) is 20.0. The van der Waals surface area contributed by atoms with Crippen molar-refractivity contribution in [2.45, 2.75) is 319 Å². The van der Waals surface area contributed by atoms with Crippen molar-refractivity contribution in [2.24, 2.45) is 23.7 Å². The van der Waals surface area contributed by atoms with Crippen molar-refractivity contribution in [3.05, 3.63) is 24.3 Å². The van der Waals surface area contributed by atoms with Gasteiger partial charge in [0.2, 0.25) is 0 Å². The summed E-state index contributed by atoms with van der Waals surface area (Å²) in [6, 6.07) is 0. The third kappa shape index (κ3) is 8.99. The van der Waals surface area contributed by atoms with E-state index in [1.807, 2.05) is 0 Å². The molecule has 17 aliphatic rings. The normalized spacial score (nSPS) is 58.9. The molecule has 33 atom stereocenters. The van der Waals surface area contributed by atoms with Gasteiger partial charge in [-0.2, -0.15) is 0 Å². The molecule has 0 amide bonds. The van der Waals surface area contributed by atoms with Crippen molar-refractivity contribution < 1.29 is 90.8 Å². The van der Waals surface area contributed by atoms with Crippen LogP contribution in [0.1, 0.15) is 143 Å². The molecule has 2 N–H and O–H groups in total. The number of fused-ring (bicyclic) bond motifs is 11. The van der Waals surface area contributed by atoms with Gasteiger partial charge in [0.05, 0.1) is 129 Å². The first kappa shape index (κ1) is 53.7. The summed E-state index contributed by atoms with van der Waals surface area (Å²) >= 11 is 0. The van der Waals surface area contributed by atoms with Crippen molar-refractivity contribution in [2.75, 3.05) is 6.61 Å². The molecule has 0 radical (unpaired) electrons. The Kier molecular flexibility index (Phi) is 13.4. The number of aliphatic hydroxyl groups is 2. The number of rotatable bonds is 2. The van der Waals surface area contributed by atoms with Gasteiger partial charge in [-0.25, -0.2) is 0 Å². The first-order chi connectivity index (χ1) is 38.6. The number of ether oxygens (including phenoxy) is 16. The van der Waals surface area contributed by atoms with E-state index in [9.17, 15) is 15.0 Å². The van der Waals surface area contributed by atoms with E-state index in [1.165, 1.54) is 0 Å². The SMILES string of the molecule is C=C1C2C[C@@H]3O[C@H]4C[C@H]5O[C@@]6(C[C@@H]7O[C@]8(C[C@H](C)[C@@H]9O[C@@H]%10C[C@@H]([C@@H](O)CO)O[C@@H]%10C[C@@H]9O8)C[C@H](C)[C@@H]7O6)C[C@H]5O[C@H]4[C@H](C)[C@H]3OC(=O)C[C@H]3CC[C@@H]4OC5[C@H]6O[C@@H]7C[C@](CC[C@H]8CC(=C)[C@H](CC[C@@H](C[C@H]1C)O2)O8)(O[C@H]6[C@H]4O3)O[C@@H]57. The van der Waals surface area contributed by atoms with Crippen LogP contribution in [0.3, 0.4) is 0 Å². The Bertz CT molecular complexity index is 2410. The lowest BCUT2D eigenvalue weighted by atomic mass is 9.78. The Morgan fingerprint density at radius 1 is 0.475 bits per heavy atom. The van der Waals surface area contributed by atoms with Crippen LogP contribution in [0.4, 0.5) is 0 Å². The fourth-order valence-electron chi connectivity index (χ4n) is 18.8. The standard InChI is InChI=1S/C61H86O19/c1-26-13-32-7-9-36-27(2)14-34(65-36)11-12-59-23-47-55(79-59)56-57(73-47)58(80-59)54-37(70-56)10-8-33(67-54)15-49(64)74-53-31(6)52-44(69-43(53)16-38(66-32)30(26)5)19-42-46(72-52)22-61(75-42)24-48-51(78-61)29(4)21-60(77-48)20-28(3)50-45(76-60)18-40-41(71-50)17-39(68-40)35(63)25-62/h26,28-29,31-48,50-58,62-63H,2,5,7-25H2,1,3-4,6H3/t26-,28+,29+,31+,32+,33-,34+,35+,36+,37+,38?,39+,40-,41-,42-,43+,44+,45+,46-,47-,48+,50+,51+,52+,53-,54+,55-,56?,57-,58+,59+,60-,61+/m1/s1. The van der Waals surface area contributed by atoms with E-state index in [-0.39, 0.29) is 159 Å². The average Bonchev–Trinajstić information content (AvgIpc) is 4.45. The molecule has 17 saturated heterocycles. The third-order valence-corrected chi connectivity index (χ3v) is 22.6. The quantitative estimate of drug-likeness (QED) is 0.265. The Hall–Kier alpha value is -1.73. The molecule has 3 spiro atoms. The van der Waals surface area contributed by atoms with Crippen LogP contribution >= 0.6 is 0 Å². The minimum Gasteiger partial charge on any atom is -0.459 e. The maximum absolute atomic E-state index is 14.6. The lowest BCUT2D eigenvalue weighted by molar-refractivity contribution is -0.369. The summed E-state index contributed by atoms with van der Waals surface area (Å²) in [5.41, 5.74) is 2.16. The number of carbonyl (C=O) groups is 1. The molecule has 19 heteroatoms. The number of hydrogen-bond donors (Lipinski definition) is 2. The zero-order valence-corrected chi connectivity index (χ0v) is 47.0. The van der Waals surface area contributed by atoms with Crippen molar-refractivity contribution in [3.8, 4) is 0 Å². The molecule has 17 fully saturated rings. The van der Waals surface area contributed by atoms with Crippen LogP contribution in [-0.2, 0) is 80.6 Å². The molecule has 0 saturated carbocycles. The fraction of sp³-hybridized carbons (Fsp3) is 0.918. The summed E-state index contributed by atoms with van der Waals surface area (Å²) in [6.45, 7) is 17.6. The van der Waals surface area contributed by atoms with Gasteiger partial charge in [0.15, 0.2) is 17.4 Å². The first-order valence-electron chi connectivity index (χ1n) is 31.4. The molecule has 0 aliphatic carbocycles. The summed E-state index contributed by atoms with van der Waals surface area (Å²) in [5.74, 6) is -2.60. The molecule has 0 aromatic heterocycles. The van der Waals surface area contributed by atoms with Gasteiger partial charge in [-0.05, 0) is 73.8 Å². The minimum absolute atomic E-state index is 0.0140. The highest BCUT2D eigenvalue weighted by Gasteiger charge is 2.70. The van der Waals surface area contributed by atoms with E-state index < -0.39 is 60.1 Å². The molecular formula is C61H86O19. The minimum atomic E-state index is -0.941. The largest absolute Gasteiger partial charge is 0.459 e. The second-order valence-corrected chi connectivity index (χ2v) is 28.1. The van der Waals surface area contributed by atoms with Gasteiger partial charge in [-0.3, -0.25) is 4.79 Å². The lowest BCUT2D eigenvalue weighted by Crippen LogP contribution is -2.62. The zero-order valence-electron chi connectivity index (χ0n) is 47.0. The van der Waals surface area contributed by atoms with E-state index in [1.54, 1.807) is 0 Å². The molecule has 17 aliphatic heterocycles. The van der Waals surface area contributed by atoms with Crippen LogP contribution in [0.2, 0.25) is 0 Å². The number of hydrogen-bond acceptors (Lipinski definition) is 19. The highest BCUT2D eigenvalue weighted by Crippen LogP contribution is 2.58. The van der Waals surface area contributed by atoms with Crippen molar-refractivity contribution in [1.82, 2.24) is 0 Å². The molecule has 444 valence electrons. The van der Waals surface area contributed by atoms with Gasteiger partial charge in [0.25, 0.3) is 0 Å². The molecule has 2 unspecified atom stereocenters. The second-order valence-electron chi connectivity index (χ2n) is 28.1. The van der Waals surface area contributed by atoms with Crippen LogP contribution < -0.4 is 0 Å². The maximum Gasteiger partial charge on any atom is 0.308 e. The number of esters is 1. The van der Waals surface area contributed by atoms with Crippen LogP contribution in [0.5, 0.6) is 0 Å². The molecule has 0 aromatic carbocycles. The molecule has 12 bridgehead atoms. The smallest absolute Gasteiger partial charge is 0.308 e. The van der Waals surface area contributed by atoms with E-state index in [4.69, 9.17) is 75.8 Å². The summed E-state index contributed by atoms with van der Waals surface area (Å²) in [7, 11) is 0. The highest BCUT2D eigenvalue weighted by molar-refractivity contribution is 5.70. The Morgan fingerprint density at radius 2 is 1.12 bits per heavy atom. The Morgan fingerprint density at radius 3 is 1.99 bits per heavy atom. The van der Waals surface area contributed by atoms with Gasteiger partial charge >= 0.3 is 5.97 Å². The molecule has 19 nitrogen and oxygen atoms in total. The summed E-state index contributed by atoms with van der Waals surface area (Å²) < 4.78 is 110. The molecule has 0 aromatic rings. The number of aliphatic hydroxyl groups excluding tert-OH is 2. The van der Waals surface area contributed by atoms with Crippen molar-refractivity contribution >= 4 is 5.97 Å². The summed E-state index contributed by atoms with van der Waals surface area (Å²) in [6.07, 6.45) is 4.03. The monoisotopic (exact) mass is 1120 g/mol. The Balaban J connectivity index is 0.628. The van der Waals surface area contributed by atoms with Crippen LogP contribution in [0.25, 0.3) is 0 Å². The van der Waals surface area contributed by atoms with Gasteiger partial charge in [-0.1, -0.05) is 40.9 Å². The van der Waals surface area contributed by atoms with Crippen LogP contribution in [0.15, 0.2) is 24.3 Å². The van der Waals surface area contributed by atoms with Gasteiger partial charge in [-0.15, -0.1) is 0 Å². The zero-order chi connectivity index (χ0) is 54.3. The van der Waals surface area contributed by atoms with Gasteiger partial charge < -0.3 is 86.0 Å². The van der Waals surface area contributed by atoms with Crippen LogP contribution in [-0.4, -0.2) is 199 Å². The molecule has 80 heavy (non-hydrogen) atoms. The van der Waals surface area contributed by atoms with E-state index in [0.717, 1.165) is 49.7 Å². The highest BCUT2D eigenvalue weighted by atomic mass is 16.8. The first-order valence-corrected chi connectivity index (χ1v) is 31.4. The molecular weight excluding hydrogens is 1040 g/mol. The summed E-state index contributed by atoms with van der Waals surface area (Å²) in [4.78, 5) is 14.6. The van der Waals surface area contributed by atoms with E-state index in [0.29, 0.717) is 70.6 Å². The van der Waals surface area contributed by atoms with Crippen molar-refractivity contribution in [3.63, 3.8) is 0 Å². The van der Waals surface area contributed by atoms with E-state index in [2.05, 4.69) is 40.9 Å². The van der Waals surface area contributed by atoms with Gasteiger partial charge in [0, 0.05) is 70.1 Å². The van der Waals surface area contributed by atoms with E-state index >= 15 is 0 Å². The predicted octanol–water partition coefficient (Wildman–Crippen LogP) is 5.33. The fourth-order valence-corrected chi connectivity index (χ4v) is 18.8. The predicted molar refractivity (Wildman–Crippen MR) is 276 cm³/mol. The lowest BCUT2D eigenvalue weighted by Gasteiger charge is -2.54. The van der Waals surface area contributed by atoms with Crippen LogP contribution in [0, 0.1) is 23.7 Å². The topological polar surface area (TPSA) is 205 Å². The second kappa shape index (κ2) is 19.9. The third-order valence-electron chi connectivity index (χ3n) is 22.6. The van der Waals surface area contributed by atoms with Crippen molar-refractivity contribution in [1.29, 1.82) is 0 Å². The molecule has 17 heterocycles. The average molecular weight is 1120 g/mol. The maximum atomic E-state index is 14.6. The Labute approximate surface area is 469 Å². The van der Waals surface area contributed by atoms with Gasteiger partial charge in [0.1, 0.15) is 42.7 Å². The number of carbonyl (C=O) groups excluding carboxylic acids is 1.